The van der Waals surface area contributed by atoms with Crippen LogP contribution >= 0.6 is 11.6 Å². The Balaban J connectivity index is 1.99. The van der Waals surface area contributed by atoms with Crippen LogP contribution in [0.3, 0.4) is 0 Å². The van der Waals surface area contributed by atoms with Gasteiger partial charge in [-0.25, -0.2) is 0 Å². The Morgan fingerprint density at radius 1 is 1.38 bits per heavy atom. The van der Waals surface area contributed by atoms with E-state index in [1.165, 1.54) is 13.2 Å². The predicted octanol–water partition coefficient (Wildman–Crippen LogP) is 2.29. The molecule has 7 heteroatoms. The summed E-state index contributed by atoms with van der Waals surface area (Å²) < 4.78 is 9.46. The van der Waals surface area contributed by atoms with Gasteiger partial charge in [-0.3, -0.25) is 9.59 Å². The summed E-state index contributed by atoms with van der Waals surface area (Å²) in [7, 11) is 1.29. The van der Waals surface area contributed by atoms with Gasteiger partial charge in [-0.1, -0.05) is 28.9 Å². The molecule has 0 aliphatic carbocycles. The molecule has 1 aromatic heterocycles. The van der Waals surface area contributed by atoms with Crippen LogP contribution < -0.4 is 5.32 Å². The minimum absolute atomic E-state index is 0.0647. The largest absolute Gasteiger partial charge is 0.469 e. The zero-order valence-electron chi connectivity index (χ0n) is 11.3. The molecule has 1 N–H and O–H groups in total. The number of amides is 1. The van der Waals surface area contributed by atoms with Crippen LogP contribution in [0.2, 0.25) is 5.02 Å². The third-order valence-electron chi connectivity index (χ3n) is 2.70. The van der Waals surface area contributed by atoms with Gasteiger partial charge in [-0.15, -0.1) is 0 Å². The molecule has 0 saturated carbocycles. The number of halogens is 1. The number of benzene rings is 1. The Kier molecular flexibility index (Phi) is 4.94. The van der Waals surface area contributed by atoms with Crippen molar-refractivity contribution in [1.82, 2.24) is 10.5 Å². The Labute approximate surface area is 126 Å². The second-order valence-corrected chi connectivity index (χ2v) is 4.61. The van der Waals surface area contributed by atoms with Gasteiger partial charge < -0.3 is 14.6 Å². The number of nitrogens with zero attached hydrogens (tertiary/aromatic N) is 1. The van der Waals surface area contributed by atoms with Gasteiger partial charge in [0.2, 0.25) is 5.76 Å². The second-order valence-electron chi connectivity index (χ2n) is 4.17. The first-order valence-corrected chi connectivity index (χ1v) is 6.55. The Morgan fingerprint density at radius 3 is 2.90 bits per heavy atom. The smallest absolute Gasteiger partial charge is 0.307 e. The van der Waals surface area contributed by atoms with Gasteiger partial charge in [0.05, 0.1) is 13.5 Å². The first-order chi connectivity index (χ1) is 10.1. The maximum absolute atomic E-state index is 11.8. The number of rotatable bonds is 5. The third kappa shape index (κ3) is 4.06. The zero-order valence-corrected chi connectivity index (χ0v) is 12.0. The normalized spacial score (nSPS) is 10.2. The molecule has 2 aromatic rings. The quantitative estimate of drug-likeness (QED) is 0.857. The van der Waals surface area contributed by atoms with Gasteiger partial charge >= 0.3 is 5.97 Å². The summed E-state index contributed by atoms with van der Waals surface area (Å²) in [4.78, 5) is 22.7. The zero-order chi connectivity index (χ0) is 15.2. The van der Waals surface area contributed by atoms with E-state index >= 15 is 0 Å². The molecule has 110 valence electrons. The number of hydrogen-bond acceptors (Lipinski definition) is 5. The van der Waals surface area contributed by atoms with Gasteiger partial charge in [0.25, 0.3) is 5.91 Å². The summed E-state index contributed by atoms with van der Waals surface area (Å²) in [5, 5.41) is 6.93. The van der Waals surface area contributed by atoms with Crippen molar-refractivity contribution in [2.75, 3.05) is 13.7 Å². The fourth-order valence-electron chi connectivity index (χ4n) is 1.63. The lowest BCUT2D eigenvalue weighted by Gasteiger charge is -2.00. The molecule has 0 saturated heterocycles. The number of esters is 1. The van der Waals surface area contributed by atoms with Gasteiger partial charge in [0, 0.05) is 23.2 Å². The van der Waals surface area contributed by atoms with E-state index in [-0.39, 0.29) is 18.7 Å². The van der Waals surface area contributed by atoms with Gasteiger partial charge in [0.1, 0.15) is 5.69 Å². The number of methoxy groups -OCH3 is 1. The van der Waals surface area contributed by atoms with Crippen LogP contribution in [0, 0.1) is 0 Å². The maximum Gasteiger partial charge on any atom is 0.307 e. The molecule has 0 bridgehead atoms. The first-order valence-electron chi connectivity index (χ1n) is 6.18. The highest BCUT2D eigenvalue weighted by Gasteiger charge is 2.14. The molecule has 0 fully saturated rings. The molecule has 0 atom stereocenters. The summed E-state index contributed by atoms with van der Waals surface area (Å²) in [6, 6.07) is 8.56. The maximum atomic E-state index is 11.8. The van der Waals surface area contributed by atoms with E-state index in [9.17, 15) is 9.59 Å². The van der Waals surface area contributed by atoms with Crippen molar-refractivity contribution in [3.8, 4) is 11.3 Å². The molecular weight excluding hydrogens is 296 g/mol. The molecule has 0 aliphatic rings. The average molecular weight is 309 g/mol. The third-order valence-corrected chi connectivity index (χ3v) is 2.93. The van der Waals surface area contributed by atoms with Gasteiger partial charge in [0.15, 0.2) is 0 Å². The number of hydrogen-bond donors (Lipinski definition) is 1. The highest BCUT2D eigenvalue weighted by molar-refractivity contribution is 6.30. The van der Waals surface area contributed by atoms with E-state index < -0.39 is 11.9 Å². The lowest BCUT2D eigenvalue weighted by Crippen LogP contribution is -2.25. The summed E-state index contributed by atoms with van der Waals surface area (Å²) in [6.45, 7) is 0.165. The van der Waals surface area contributed by atoms with Crippen molar-refractivity contribution in [3.05, 3.63) is 41.1 Å². The number of nitrogens with one attached hydrogen (secondary N) is 1. The number of carbonyl (C=O) groups is 2. The Morgan fingerprint density at radius 2 is 2.19 bits per heavy atom. The monoisotopic (exact) mass is 308 g/mol. The fourth-order valence-corrected chi connectivity index (χ4v) is 1.82. The fraction of sp³-hybridized carbons (Fsp3) is 0.214. The van der Waals surface area contributed by atoms with Crippen LogP contribution in [0.25, 0.3) is 11.3 Å². The summed E-state index contributed by atoms with van der Waals surface area (Å²) in [5.41, 5.74) is 1.26. The average Bonchev–Trinajstić information content (AvgIpc) is 2.97. The molecule has 0 aliphatic heterocycles. The Bertz CT molecular complexity index is 654. The van der Waals surface area contributed by atoms with E-state index in [2.05, 4.69) is 15.2 Å². The number of ether oxygens (including phenoxy) is 1. The standard InChI is InChI=1S/C14H13ClN2O4/c1-20-13(18)5-6-16-14(19)12-8-11(17-21-12)9-3-2-4-10(15)7-9/h2-4,7-8H,5-6H2,1H3,(H,16,19). The van der Waals surface area contributed by atoms with Crippen LogP contribution in [0.5, 0.6) is 0 Å². The van der Waals surface area contributed by atoms with E-state index in [0.29, 0.717) is 10.7 Å². The molecule has 1 heterocycles. The highest BCUT2D eigenvalue weighted by Crippen LogP contribution is 2.22. The van der Waals surface area contributed by atoms with Crippen molar-refractivity contribution in [2.45, 2.75) is 6.42 Å². The second kappa shape index (κ2) is 6.90. The first kappa shape index (κ1) is 15.1. The summed E-state index contributed by atoms with van der Waals surface area (Å²) >= 11 is 5.89. The van der Waals surface area contributed by atoms with Crippen LogP contribution in [0.15, 0.2) is 34.9 Å². The van der Waals surface area contributed by atoms with Crippen LogP contribution in [0.4, 0.5) is 0 Å². The molecule has 0 unspecified atom stereocenters. The summed E-state index contributed by atoms with van der Waals surface area (Å²) in [5.74, 6) is -0.776. The topological polar surface area (TPSA) is 81.4 Å². The molecule has 2 rings (SSSR count). The van der Waals surface area contributed by atoms with Crippen LogP contribution in [-0.4, -0.2) is 30.7 Å². The van der Waals surface area contributed by atoms with E-state index in [0.717, 1.165) is 5.56 Å². The van der Waals surface area contributed by atoms with E-state index in [4.69, 9.17) is 16.1 Å². The molecule has 21 heavy (non-hydrogen) atoms. The van der Waals surface area contributed by atoms with Crippen molar-refractivity contribution in [3.63, 3.8) is 0 Å². The van der Waals surface area contributed by atoms with Crippen molar-refractivity contribution in [1.29, 1.82) is 0 Å². The lowest BCUT2D eigenvalue weighted by molar-refractivity contribution is -0.140. The predicted molar refractivity (Wildman–Crippen MR) is 75.9 cm³/mol. The molecule has 6 nitrogen and oxygen atoms in total. The van der Waals surface area contributed by atoms with Crippen LogP contribution in [0.1, 0.15) is 17.0 Å². The Hall–Kier alpha value is -2.34. The molecular formula is C14H13ClN2O4. The lowest BCUT2D eigenvalue weighted by atomic mass is 10.1. The van der Waals surface area contributed by atoms with Crippen LogP contribution in [-0.2, 0) is 9.53 Å². The minimum Gasteiger partial charge on any atom is -0.469 e. The SMILES string of the molecule is COC(=O)CCNC(=O)c1cc(-c2cccc(Cl)c2)no1. The number of carbonyl (C=O) groups excluding carboxylic acids is 2. The van der Waals surface area contributed by atoms with E-state index in [1.807, 2.05) is 6.07 Å². The molecule has 0 radical (unpaired) electrons. The van der Waals surface area contributed by atoms with Crippen molar-refractivity contribution in [2.24, 2.45) is 0 Å². The number of aromatic nitrogens is 1. The van der Waals surface area contributed by atoms with Gasteiger partial charge in [-0.05, 0) is 12.1 Å². The molecule has 0 spiro atoms. The van der Waals surface area contributed by atoms with Gasteiger partial charge in [-0.2, -0.15) is 0 Å². The minimum atomic E-state index is -0.445. The van der Waals surface area contributed by atoms with Crippen molar-refractivity contribution >= 4 is 23.5 Å². The highest BCUT2D eigenvalue weighted by atomic mass is 35.5. The van der Waals surface area contributed by atoms with E-state index in [1.54, 1.807) is 18.2 Å². The molecule has 1 amide bonds. The molecule has 1 aromatic carbocycles. The van der Waals surface area contributed by atoms with Crippen molar-refractivity contribution < 1.29 is 18.8 Å². The summed E-state index contributed by atoms with van der Waals surface area (Å²) in [6.07, 6.45) is 0.0948.